The SMILES string of the molecule is CCCCC(C(=O)O)N1CCC(C)C(C)C1. The highest BCUT2D eigenvalue weighted by atomic mass is 16.4. The van der Waals surface area contributed by atoms with Crippen LogP contribution in [0.3, 0.4) is 0 Å². The van der Waals surface area contributed by atoms with Crippen LogP contribution in [-0.4, -0.2) is 35.1 Å². The molecule has 3 heteroatoms. The summed E-state index contributed by atoms with van der Waals surface area (Å²) in [4.78, 5) is 13.4. The summed E-state index contributed by atoms with van der Waals surface area (Å²) >= 11 is 0. The average molecular weight is 227 g/mol. The van der Waals surface area contributed by atoms with Crippen LogP contribution < -0.4 is 0 Å². The molecule has 0 aromatic heterocycles. The van der Waals surface area contributed by atoms with Crippen LogP contribution in [0.5, 0.6) is 0 Å². The van der Waals surface area contributed by atoms with Crippen LogP contribution in [0, 0.1) is 11.8 Å². The molecule has 1 saturated heterocycles. The number of carbonyl (C=O) groups is 1. The topological polar surface area (TPSA) is 40.5 Å². The van der Waals surface area contributed by atoms with E-state index in [1.54, 1.807) is 0 Å². The van der Waals surface area contributed by atoms with Crippen LogP contribution in [0.4, 0.5) is 0 Å². The van der Waals surface area contributed by atoms with Gasteiger partial charge >= 0.3 is 5.97 Å². The lowest BCUT2D eigenvalue weighted by atomic mass is 9.87. The van der Waals surface area contributed by atoms with E-state index >= 15 is 0 Å². The molecule has 1 aliphatic rings. The second-order valence-electron chi connectivity index (χ2n) is 5.23. The zero-order valence-corrected chi connectivity index (χ0v) is 10.8. The first-order valence-electron chi connectivity index (χ1n) is 6.53. The van der Waals surface area contributed by atoms with Gasteiger partial charge in [0.25, 0.3) is 0 Å². The molecule has 0 aliphatic carbocycles. The number of rotatable bonds is 5. The molecule has 3 unspecified atom stereocenters. The van der Waals surface area contributed by atoms with Gasteiger partial charge in [-0.3, -0.25) is 9.69 Å². The Morgan fingerprint density at radius 1 is 1.44 bits per heavy atom. The fraction of sp³-hybridized carbons (Fsp3) is 0.923. The molecule has 1 fully saturated rings. The Bertz CT molecular complexity index is 230. The molecule has 0 bridgehead atoms. The molecule has 1 aliphatic heterocycles. The Morgan fingerprint density at radius 2 is 2.12 bits per heavy atom. The lowest BCUT2D eigenvalue weighted by Gasteiger charge is -2.38. The minimum atomic E-state index is -0.643. The highest BCUT2D eigenvalue weighted by Crippen LogP contribution is 2.25. The maximum Gasteiger partial charge on any atom is 0.320 e. The smallest absolute Gasteiger partial charge is 0.320 e. The van der Waals surface area contributed by atoms with Gasteiger partial charge in [-0.1, -0.05) is 33.6 Å². The van der Waals surface area contributed by atoms with Crippen LogP contribution >= 0.6 is 0 Å². The normalized spacial score (nSPS) is 28.9. The quantitative estimate of drug-likeness (QED) is 0.785. The van der Waals surface area contributed by atoms with Crippen molar-refractivity contribution in [2.75, 3.05) is 13.1 Å². The molecule has 0 aromatic rings. The first-order chi connectivity index (χ1) is 7.56. The number of aliphatic carboxylic acids is 1. The average Bonchev–Trinajstić information content (AvgIpc) is 2.23. The highest BCUT2D eigenvalue weighted by molar-refractivity contribution is 5.73. The van der Waals surface area contributed by atoms with Gasteiger partial charge in [0.2, 0.25) is 0 Å². The summed E-state index contributed by atoms with van der Waals surface area (Å²) in [6.45, 7) is 8.51. The second-order valence-corrected chi connectivity index (χ2v) is 5.23. The monoisotopic (exact) mass is 227 g/mol. The van der Waals surface area contributed by atoms with Gasteiger partial charge in [0.15, 0.2) is 0 Å². The summed E-state index contributed by atoms with van der Waals surface area (Å²) in [6, 6.07) is -0.255. The largest absolute Gasteiger partial charge is 0.480 e. The number of piperidine rings is 1. The number of hydrogen-bond donors (Lipinski definition) is 1. The molecule has 1 heterocycles. The molecular formula is C13H25NO2. The van der Waals surface area contributed by atoms with Gasteiger partial charge < -0.3 is 5.11 Å². The number of unbranched alkanes of at least 4 members (excludes halogenated alkanes) is 1. The zero-order chi connectivity index (χ0) is 12.1. The third kappa shape index (κ3) is 3.48. The van der Waals surface area contributed by atoms with Crippen molar-refractivity contribution in [2.24, 2.45) is 11.8 Å². The molecule has 94 valence electrons. The van der Waals surface area contributed by atoms with Gasteiger partial charge in [0.1, 0.15) is 6.04 Å². The Hall–Kier alpha value is -0.570. The number of hydrogen-bond acceptors (Lipinski definition) is 2. The summed E-state index contributed by atoms with van der Waals surface area (Å²) in [7, 11) is 0. The molecule has 1 rings (SSSR count). The van der Waals surface area contributed by atoms with Crippen molar-refractivity contribution >= 4 is 5.97 Å². The van der Waals surface area contributed by atoms with Crippen molar-refractivity contribution < 1.29 is 9.90 Å². The van der Waals surface area contributed by atoms with Crippen molar-refractivity contribution in [2.45, 2.75) is 52.5 Å². The van der Waals surface area contributed by atoms with Crippen molar-refractivity contribution in [3.8, 4) is 0 Å². The number of carboxylic acids is 1. The number of likely N-dealkylation sites (tertiary alicyclic amines) is 1. The third-order valence-electron chi connectivity index (χ3n) is 3.92. The van der Waals surface area contributed by atoms with Crippen LogP contribution in [0.2, 0.25) is 0 Å². The molecule has 3 atom stereocenters. The van der Waals surface area contributed by atoms with Gasteiger partial charge in [-0.05, 0) is 31.2 Å². The summed E-state index contributed by atoms with van der Waals surface area (Å²) < 4.78 is 0. The fourth-order valence-corrected chi connectivity index (χ4v) is 2.44. The predicted molar refractivity (Wildman–Crippen MR) is 65.5 cm³/mol. The first kappa shape index (κ1) is 13.5. The Labute approximate surface area is 98.8 Å². The van der Waals surface area contributed by atoms with Crippen LogP contribution in [0.1, 0.15) is 46.5 Å². The first-order valence-corrected chi connectivity index (χ1v) is 6.53. The Kier molecular flexibility index (Phi) is 5.26. The summed E-state index contributed by atoms with van der Waals surface area (Å²) in [5, 5.41) is 9.26. The maximum atomic E-state index is 11.3. The number of carboxylic acid groups (broad SMARTS) is 1. The summed E-state index contributed by atoms with van der Waals surface area (Å²) in [5.41, 5.74) is 0. The van der Waals surface area contributed by atoms with Crippen LogP contribution in [0.15, 0.2) is 0 Å². The van der Waals surface area contributed by atoms with E-state index in [2.05, 4.69) is 25.7 Å². The Morgan fingerprint density at radius 3 is 2.62 bits per heavy atom. The maximum absolute atomic E-state index is 11.3. The molecule has 0 aromatic carbocycles. The summed E-state index contributed by atoms with van der Waals surface area (Å²) in [5.74, 6) is 0.712. The standard InChI is InChI=1S/C13H25NO2/c1-4-5-6-12(13(15)16)14-8-7-10(2)11(3)9-14/h10-12H,4-9H2,1-3H3,(H,15,16). The summed E-state index contributed by atoms with van der Waals surface area (Å²) in [6.07, 6.45) is 4.02. The lowest BCUT2D eigenvalue weighted by molar-refractivity contribution is -0.144. The minimum Gasteiger partial charge on any atom is -0.480 e. The van der Waals surface area contributed by atoms with E-state index in [1.807, 2.05) is 0 Å². The molecule has 0 radical (unpaired) electrons. The van der Waals surface area contributed by atoms with Gasteiger partial charge in [-0.2, -0.15) is 0 Å². The second kappa shape index (κ2) is 6.24. The van der Waals surface area contributed by atoms with Crippen molar-refractivity contribution in [1.82, 2.24) is 4.90 Å². The van der Waals surface area contributed by atoms with E-state index < -0.39 is 5.97 Å². The van der Waals surface area contributed by atoms with Gasteiger partial charge in [-0.15, -0.1) is 0 Å². The van der Waals surface area contributed by atoms with Crippen LogP contribution in [0.25, 0.3) is 0 Å². The predicted octanol–water partition coefficient (Wildman–Crippen LogP) is 2.61. The lowest BCUT2D eigenvalue weighted by Crippen LogP contribution is -2.48. The van der Waals surface area contributed by atoms with E-state index in [0.717, 1.165) is 44.7 Å². The fourth-order valence-electron chi connectivity index (χ4n) is 2.44. The van der Waals surface area contributed by atoms with E-state index in [0.29, 0.717) is 5.92 Å². The minimum absolute atomic E-state index is 0.255. The molecule has 1 N–H and O–H groups in total. The molecular weight excluding hydrogens is 202 g/mol. The van der Waals surface area contributed by atoms with Crippen LogP contribution in [-0.2, 0) is 4.79 Å². The van der Waals surface area contributed by atoms with E-state index in [9.17, 15) is 9.90 Å². The van der Waals surface area contributed by atoms with E-state index in [4.69, 9.17) is 0 Å². The third-order valence-corrected chi connectivity index (χ3v) is 3.92. The highest BCUT2D eigenvalue weighted by Gasteiger charge is 2.30. The molecule has 3 nitrogen and oxygen atoms in total. The number of nitrogens with zero attached hydrogens (tertiary/aromatic N) is 1. The molecule has 0 spiro atoms. The molecule has 0 saturated carbocycles. The zero-order valence-electron chi connectivity index (χ0n) is 10.8. The van der Waals surface area contributed by atoms with Crippen molar-refractivity contribution in [1.29, 1.82) is 0 Å². The van der Waals surface area contributed by atoms with Gasteiger partial charge in [-0.25, -0.2) is 0 Å². The van der Waals surface area contributed by atoms with Gasteiger partial charge in [0.05, 0.1) is 0 Å². The van der Waals surface area contributed by atoms with Crippen molar-refractivity contribution in [3.05, 3.63) is 0 Å². The van der Waals surface area contributed by atoms with Crippen molar-refractivity contribution in [3.63, 3.8) is 0 Å². The Balaban J connectivity index is 2.54. The molecule has 16 heavy (non-hydrogen) atoms. The van der Waals surface area contributed by atoms with Gasteiger partial charge in [0, 0.05) is 6.54 Å². The van der Waals surface area contributed by atoms with E-state index in [-0.39, 0.29) is 6.04 Å². The van der Waals surface area contributed by atoms with E-state index in [1.165, 1.54) is 0 Å². The molecule has 0 amide bonds.